The molecule has 5 heteroatoms. The summed E-state index contributed by atoms with van der Waals surface area (Å²) in [4.78, 5) is 11.6. The van der Waals surface area contributed by atoms with E-state index in [4.69, 9.17) is 11.6 Å². The van der Waals surface area contributed by atoms with Crippen LogP contribution in [0.4, 0.5) is 0 Å². The van der Waals surface area contributed by atoms with Crippen LogP contribution in [0, 0.1) is 12.8 Å². The summed E-state index contributed by atoms with van der Waals surface area (Å²) in [5.74, 6) is -1.32. The van der Waals surface area contributed by atoms with Crippen LogP contribution in [0.5, 0.6) is 0 Å². The molecule has 0 saturated heterocycles. The van der Waals surface area contributed by atoms with Crippen LogP contribution < -0.4 is 0 Å². The second kappa shape index (κ2) is 6.76. The largest absolute Gasteiger partial charge is 0.481 e. The molecule has 0 aliphatic heterocycles. The normalized spacial score (nSPS) is 12.3. The van der Waals surface area contributed by atoms with Gasteiger partial charge in [0.15, 0.2) is 0 Å². The minimum absolute atomic E-state index is 0.387. The van der Waals surface area contributed by atoms with Gasteiger partial charge in [0, 0.05) is 13.0 Å². The average Bonchev–Trinajstić information content (AvgIpc) is 2.75. The molecule has 1 aromatic carbocycles. The van der Waals surface area contributed by atoms with Crippen LogP contribution in [0.25, 0.3) is 0 Å². The highest BCUT2D eigenvalue weighted by atomic mass is 35.5. The first-order chi connectivity index (χ1) is 10.0. The van der Waals surface area contributed by atoms with E-state index >= 15 is 0 Å². The Balaban J connectivity index is 2.23. The summed E-state index contributed by atoms with van der Waals surface area (Å²) in [5.41, 5.74) is 2.57. The summed E-state index contributed by atoms with van der Waals surface area (Å²) in [7, 11) is 0. The standard InChI is InChI=1S/C16H19ClN2O2/c1-3-19-14(15(17)11(2)18-19)10-13(16(20)21)9-12-7-5-4-6-8-12/h4-8,13H,3,9-10H2,1-2H3,(H,20,21). The predicted octanol–water partition coefficient (Wildman–Crippen LogP) is 3.35. The van der Waals surface area contributed by atoms with Crippen LogP contribution in [0.2, 0.25) is 5.02 Å². The molecule has 0 saturated carbocycles. The van der Waals surface area contributed by atoms with E-state index in [1.165, 1.54) is 0 Å². The van der Waals surface area contributed by atoms with Crippen molar-refractivity contribution in [1.82, 2.24) is 9.78 Å². The summed E-state index contributed by atoms with van der Waals surface area (Å²) in [6, 6.07) is 9.65. The fraction of sp³-hybridized carbons (Fsp3) is 0.375. The van der Waals surface area contributed by atoms with Crippen molar-refractivity contribution < 1.29 is 9.90 Å². The lowest BCUT2D eigenvalue weighted by Gasteiger charge is -2.14. The first-order valence-corrected chi connectivity index (χ1v) is 7.39. The lowest BCUT2D eigenvalue weighted by molar-refractivity contribution is -0.141. The third-order valence-corrected chi connectivity index (χ3v) is 4.06. The molecule has 2 rings (SSSR count). The number of aryl methyl sites for hydroxylation is 2. The SMILES string of the molecule is CCn1nc(C)c(Cl)c1CC(Cc1ccccc1)C(=O)O. The molecule has 1 unspecified atom stereocenters. The number of carboxylic acid groups (broad SMARTS) is 1. The molecular weight excluding hydrogens is 288 g/mol. The zero-order valence-electron chi connectivity index (χ0n) is 12.2. The Morgan fingerprint density at radius 2 is 2.00 bits per heavy atom. The third kappa shape index (κ3) is 3.64. The molecule has 1 atom stereocenters. The number of hydrogen-bond acceptors (Lipinski definition) is 2. The third-order valence-electron chi connectivity index (χ3n) is 3.57. The number of nitrogens with zero attached hydrogens (tertiary/aromatic N) is 2. The van der Waals surface area contributed by atoms with Gasteiger partial charge in [-0.3, -0.25) is 9.48 Å². The van der Waals surface area contributed by atoms with Crippen molar-refractivity contribution in [2.45, 2.75) is 33.2 Å². The fourth-order valence-corrected chi connectivity index (χ4v) is 2.66. The molecule has 0 amide bonds. The van der Waals surface area contributed by atoms with E-state index in [9.17, 15) is 9.90 Å². The maximum Gasteiger partial charge on any atom is 0.307 e. The number of benzene rings is 1. The topological polar surface area (TPSA) is 55.1 Å². The van der Waals surface area contributed by atoms with Crippen molar-refractivity contribution in [2.75, 3.05) is 0 Å². The zero-order valence-corrected chi connectivity index (χ0v) is 13.0. The Kier molecular flexibility index (Phi) is 5.02. The molecule has 112 valence electrons. The van der Waals surface area contributed by atoms with Crippen molar-refractivity contribution in [3.05, 3.63) is 52.3 Å². The number of hydrogen-bond donors (Lipinski definition) is 1. The Morgan fingerprint density at radius 1 is 1.33 bits per heavy atom. The number of rotatable bonds is 6. The number of carbonyl (C=O) groups is 1. The Hall–Kier alpha value is -1.81. The lowest BCUT2D eigenvalue weighted by Crippen LogP contribution is -2.21. The van der Waals surface area contributed by atoms with E-state index in [1.54, 1.807) is 4.68 Å². The zero-order chi connectivity index (χ0) is 15.4. The van der Waals surface area contributed by atoms with Crippen molar-refractivity contribution >= 4 is 17.6 Å². The summed E-state index contributed by atoms with van der Waals surface area (Å²) in [5, 5.41) is 14.4. The summed E-state index contributed by atoms with van der Waals surface area (Å²) in [6.45, 7) is 4.49. The van der Waals surface area contributed by atoms with E-state index in [2.05, 4.69) is 5.10 Å². The molecule has 1 N–H and O–H groups in total. The molecule has 21 heavy (non-hydrogen) atoms. The van der Waals surface area contributed by atoms with Crippen LogP contribution in [0.1, 0.15) is 23.9 Å². The second-order valence-corrected chi connectivity index (χ2v) is 5.47. The van der Waals surface area contributed by atoms with Gasteiger partial charge in [0.25, 0.3) is 0 Å². The van der Waals surface area contributed by atoms with Gasteiger partial charge in [-0.25, -0.2) is 0 Å². The highest BCUT2D eigenvalue weighted by Crippen LogP contribution is 2.24. The maximum absolute atomic E-state index is 11.6. The van der Waals surface area contributed by atoms with Crippen molar-refractivity contribution in [3.63, 3.8) is 0 Å². The summed E-state index contributed by atoms with van der Waals surface area (Å²) < 4.78 is 1.79. The smallest absolute Gasteiger partial charge is 0.307 e. The molecule has 0 bridgehead atoms. The quantitative estimate of drug-likeness (QED) is 0.890. The first-order valence-electron chi connectivity index (χ1n) is 7.01. The molecule has 0 aliphatic carbocycles. The minimum atomic E-state index is -0.809. The molecule has 0 radical (unpaired) electrons. The molecule has 0 fully saturated rings. The summed E-state index contributed by atoms with van der Waals surface area (Å²) >= 11 is 6.27. The van der Waals surface area contributed by atoms with Gasteiger partial charge in [0.2, 0.25) is 0 Å². The van der Waals surface area contributed by atoms with Crippen LogP contribution >= 0.6 is 11.6 Å². The summed E-state index contributed by atoms with van der Waals surface area (Å²) in [6.07, 6.45) is 0.873. The predicted molar refractivity (Wildman–Crippen MR) is 82.6 cm³/mol. The molecule has 1 aromatic heterocycles. The Labute approximate surface area is 129 Å². The molecular formula is C16H19ClN2O2. The first kappa shape index (κ1) is 15.6. The second-order valence-electron chi connectivity index (χ2n) is 5.09. The molecule has 4 nitrogen and oxygen atoms in total. The van der Waals surface area contributed by atoms with Gasteiger partial charge in [-0.05, 0) is 25.8 Å². The highest BCUT2D eigenvalue weighted by Gasteiger charge is 2.23. The monoisotopic (exact) mass is 306 g/mol. The van der Waals surface area contributed by atoms with Crippen molar-refractivity contribution in [3.8, 4) is 0 Å². The number of carboxylic acids is 1. The molecule has 0 spiro atoms. The van der Waals surface area contributed by atoms with Gasteiger partial charge < -0.3 is 5.11 Å². The van der Waals surface area contributed by atoms with Crippen molar-refractivity contribution in [1.29, 1.82) is 0 Å². The Bertz CT molecular complexity index is 623. The van der Waals surface area contributed by atoms with E-state index in [1.807, 2.05) is 44.2 Å². The van der Waals surface area contributed by atoms with Crippen LogP contribution in [0.15, 0.2) is 30.3 Å². The average molecular weight is 307 g/mol. The van der Waals surface area contributed by atoms with Gasteiger partial charge in [-0.15, -0.1) is 0 Å². The van der Waals surface area contributed by atoms with Gasteiger partial charge >= 0.3 is 5.97 Å². The Morgan fingerprint density at radius 3 is 2.57 bits per heavy atom. The van der Waals surface area contributed by atoms with Gasteiger partial charge in [0.1, 0.15) is 0 Å². The number of halogens is 1. The molecule has 2 aromatic rings. The van der Waals surface area contributed by atoms with E-state index in [0.717, 1.165) is 17.0 Å². The van der Waals surface area contributed by atoms with E-state index in [-0.39, 0.29) is 0 Å². The van der Waals surface area contributed by atoms with E-state index in [0.29, 0.717) is 24.4 Å². The van der Waals surface area contributed by atoms with E-state index < -0.39 is 11.9 Å². The number of aromatic nitrogens is 2. The fourth-order valence-electron chi connectivity index (χ4n) is 2.44. The van der Waals surface area contributed by atoms with Gasteiger partial charge in [0.05, 0.1) is 22.3 Å². The van der Waals surface area contributed by atoms with Crippen LogP contribution in [-0.2, 0) is 24.2 Å². The van der Waals surface area contributed by atoms with Gasteiger partial charge in [-0.1, -0.05) is 41.9 Å². The van der Waals surface area contributed by atoms with Crippen LogP contribution in [-0.4, -0.2) is 20.9 Å². The maximum atomic E-state index is 11.6. The van der Waals surface area contributed by atoms with Crippen LogP contribution in [0.3, 0.4) is 0 Å². The van der Waals surface area contributed by atoms with Gasteiger partial charge in [-0.2, -0.15) is 5.10 Å². The molecule has 0 aliphatic rings. The number of aliphatic carboxylic acids is 1. The lowest BCUT2D eigenvalue weighted by atomic mass is 9.94. The minimum Gasteiger partial charge on any atom is -0.481 e. The molecule has 1 heterocycles. The van der Waals surface area contributed by atoms with Crippen molar-refractivity contribution in [2.24, 2.45) is 5.92 Å². The highest BCUT2D eigenvalue weighted by molar-refractivity contribution is 6.31.